The van der Waals surface area contributed by atoms with Gasteiger partial charge in [0.25, 0.3) is 0 Å². The minimum Gasteiger partial charge on any atom is -0.378 e. The molecule has 2 atom stereocenters. The van der Waals surface area contributed by atoms with Crippen LogP contribution in [0.4, 0.5) is 4.39 Å². The van der Waals surface area contributed by atoms with Gasteiger partial charge in [-0.3, -0.25) is 0 Å². The minimum absolute atomic E-state index is 0.128. The number of aryl methyl sites for hydroxylation is 1. The van der Waals surface area contributed by atoms with Gasteiger partial charge in [-0.1, -0.05) is 61.9 Å². The van der Waals surface area contributed by atoms with Crippen LogP contribution in [0, 0.1) is 18.7 Å². The second-order valence-corrected chi connectivity index (χ2v) is 8.27. The van der Waals surface area contributed by atoms with E-state index in [2.05, 4.69) is 50.4 Å². The van der Waals surface area contributed by atoms with Crippen molar-refractivity contribution in [1.82, 2.24) is 5.32 Å². The Morgan fingerprint density at radius 1 is 1.15 bits per heavy atom. The molecule has 2 nitrogen and oxygen atoms in total. The summed E-state index contributed by atoms with van der Waals surface area (Å²) in [7, 11) is 0. The van der Waals surface area contributed by atoms with E-state index in [0.717, 1.165) is 38.0 Å². The highest BCUT2D eigenvalue weighted by molar-refractivity contribution is 5.30. The molecule has 0 unspecified atom stereocenters. The predicted molar refractivity (Wildman–Crippen MR) is 109 cm³/mol. The van der Waals surface area contributed by atoms with E-state index in [9.17, 15) is 4.39 Å². The minimum atomic E-state index is -0.135. The van der Waals surface area contributed by atoms with Crippen molar-refractivity contribution in [1.29, 1.82) is 0 Å². The van der Waals surface area contributed by atoms with Crippen LogP contribution >= 0.6 is 0 Å². The Morgan fingerprint density at radius 3 is 2.59 bits per heavy atom. The van der Waals surface area contributed by atoms with Gasteiger partial charge in [0.05, 0.1) is 6.10 Å². The maximum Gasteiger partial charge on any atom is 0.127 e. The molecule has 0 spiro atoms. The topological polar surface area (TPSA) is 21.3 Å². The van der Waals surface area contributed by atoms with Gasteiger partial charge in [-0.25, -0.2) is 4.39 Å². The molecule has 0 saturated carbocycles. The monoisotopic (exact) mass is 369 g/mol. The van der Waals surface area contributed by atoms with E-state index in [1.165, 1.54) is 17.2 Å². The van der Waals surface area contributed by atoms with Crippen LogP contribution in [-0.2, 0) is 16.7 Å². The number of hydrogen-bond acceptors (Lipinski definition) is 2. The lowest BCUT2D eigenvalue weighted by Gasteiger charge is -2.43. The molecule has 2 aromatic rings. The van der Waals surface area contributed by atoms with Crippen LogP contribution in [0.1, 0.15) is 49.8 Å². The van der Waals surface area contributed by atoms with Gasteiger partial charge < -0.3 is 10.1 Å². The molecule has 1 aliphatic rings. The van der Waals surface area contributed by atoms with E-state index < -0.39 is 0 Å². The Morgan fingerprint density at radius 2 is 1.89 bits per heavy atom. The summed E-state index contributed by atoms with van der Waals surface area (Å²) in [5, 5.41) is 3.46. The van der Waals surface area contributed by atoms with Gasteiger partial charge in [-0.2, -0.15) is 0 Å². The van der Waals surface area contributed by atoms with Crippen LogP contribution in [-0.4, -0.2) is 19.3 Å². The standard InChI is InChI=1S/C24H32FNO/c1-18(2)23-16-24(13-15-27-23,21-10-8-19(3)9-11-21)12-14-26-17-20-6-4-5-7-22(20)25/h4-11,18,23,26H,12-17H2,1-3H3/t23-,24-/m1/s1. The highest BCUT2D eigenvalue weighted by atomic mass is 19.1. The van der Waals surface area contributed by atoms with Crippen molar-refractivity contribution in [3.63, 3.8) is 0 Å². The smallest absolute Gasteiger partial charge is 0.127 e. The first-order valence-electron chi connectivity index (χ1n) is 10.1. The highest BCUT2D eigenvalue weighted by Crippen LogP contribution is 2.41. The van der Waals surface area contributed by atoms with Crippen LogP contribution < -0.4 is 5.32 Å². The van der Waals surface area contributed by atoms with Crippen LogP contribution in [0.5, 0.6) is 0 Å². The molecule has 1 N–H and O–H groups in total. The molecule has 0 aliphatic carbocycles. The van der Waals surface area contributed by atoms with E-state index in [0.29, 0.717) is 18.6 Å². The lowest BCUT2D eigenvalue weighted by molar-refractivity contribution is -0.0469. The average Bonchev–Trinajstić information content (AvgIpc) is 2.67. The van der Waals surface area contributed by atoms with Crippen LogP contribution in [0.15, 0.2) is 48.5 Å². The Hall–Kier alpha value is -1.71. The second-order valence-electron chi connectivity index (χ2n) is 8.27. The zero-order valence-electron chi connectivity index (χ0n) is 16.8. The van der Waals surface area contributed by atoms with Gasteiger partial charge >= 0.3 is 0 Å². The van der Waals surface area contributed by atoms with Gasteiger partial charge in [-0.05, 0) is 50.3 Å². The first-order valence-corrected chi connectivity index (χ1v) is 10.1. The lowest BCUT2D eigenvalue weighted by Crippen LogP contribution is -2.42. The van der Waals surface area contributed by atoms with Crippen LogP contribution in [0.3, 0.4) is 0 Å². The van der Waals surface area contributed by atoms with Crippen LogP contribution in [0.2, 0.25) is 0 Å². The van der Waals surface area contributed by atoms with Gasteiger partial charge in [0.1, 0.15) is 5.82 Å². The Labute approximate surface area is 163 Å². The summed E-state index contributed by atoms with van der Waals surface area (Å²) in [5.41, 5.74) is 3.56. The van der Waals surface area contributed by atoms with E-state index in [1.807, 2.05) is 12.1 Å². The highest BCUT2D eigenvalue weighted by Gasteiger charge is 2.39. The fraction of sp³-hybridized carbons (Fsp3) is 0.500. The summed E-state index contributed by atoms with van der Waals surface area (Å²) in [6.07, 6.45) is 3.43. The zero-order valence-corrected chi connectivity index (χ0v) is 16.8. The molecule has 2 aromatic carbocycles. The fourth-order valence-electron chi connectivity index (χ4n) is 4.11. The van der Waals surface area contributed by atoms with E-state index in [4.69, 9.17) is 4.74 Å². The molecule has 1 aliphatic heterocycles. The Balaban J connectivity index is 1.70. The second kappa shape index (κ2) is 8.99. The van der Waals surface area contributed by atoms with Crippen molar-refractivity contribution in [2.75, 3.05) is 13.2 Å². The van der Waals surface area contributed by atoms with Gasteiger partial charge in [0, 0.05) is 24.1 Å². The quantitative estimate of drug-likeness (QED) is 0.661. The first kappa shape index (κ1) is 20.0. The van der Waals surface area contributed by atoms with Gasteiger partial charge in [-0.15, -0.1) is 0 Å². The molecule has 146 valence electrons. The number of hydrogen-bond donors (Lipinski definition) is 1. The summed E-state index contributed by atoms with van der Waals surface area (Å²) < 4.78 is 19.9. The lowest BCUT2D eigenvalue weighted by atomic mass is 9.68. The summed E-state index contributed by atoms with van der Waals surface area (Å²) in [6.45, 7) is 8.86. The molecule has 1 heterocycles. The number of benzene rings is 2. The maximum absolute atomic E-state index is 13.8. The number of ether oxygens (including phenoxy) is 1. The van der Waals surface area contributed by atoms with Crippen molar-refractivity contribution in [2.24, 2.45) is 5.92 Å². The van der Waals surface area contributed by atoms with Crippen molar-refractivity contribution in [3.05, 3.63) is 71.0 Å². The predicted octanol–water partition coefficient (Wildman–Crippen LogP) is 5.39. The zero-order chi connectivity index (χ0) is 19.3. The average molecular weight is 370 g/mol. The third kappa shape index (κ3) is 4.97. The number of halogens is 1. The normalized spacial score (nSPS) is 22.9. The van der Waals surface area contributed by atoms with Crippen molar-refractivity contribution in [2.45, 2.75) is 58.1 Å². The summed E-state index contributed by atoms with van der Waals surface area (Å²) in [5.74, 6) is 0.380. The fourth-order valence-corrected chi connectivity index (χ4v) is 4.11. The summed E-state index contributed by atoms with van der Waals surface area (Å²) >= 11 is 0. The van der Waals surface area contributed by atoms with E-state index in [-0.39, 0.29) is 11.2 Å². The summed E-state index contributed by atoms with van der Waals surface area (Å²) in [6, 6.07) is 16.0. The van der Waals surface area contributed by atoms with Gasteiger partial charge in [0.2, 0.25) is 0 Å². The molecular formula is C24H32FNO. The largest absolute Gasteiger partial charge is 0.378 e. The third-order valence-corrected chi connectivity index (χ3v) is 5.97. The van der Waals surface area contributed by atoms with Gasteiger partial charge in [0.15, 0.2) is 0 Å². The van der Waals surface area contributed by atoms with Crippen molar-refractivity contribution < 1.29 is 9.13 Å². The van der Waals surface area contributed by atoms with Crippen molar-refractivity contribution >= 4 is 0 Å². The Kier molecular flexibility index (Phi) is 6.67. The molecule has 0 aromatic heterocycles. The summed E-state index contributed by atoms with van der Waals surface area (Å²) in [4.78, 5) is 0. The molecule has 1 saturated heterocycles. The molecule has 3 heteroatoms. The molecule has 0 radical (unpaired) electrons. The number of rotatable bonds is 7. The van der Waals surface area contributed by atoms with Crippen LogP contribution in [0.25, 0.3) is 0 Å². The molecule has 3 rings (SSSR count). The molecule has 0 bridgehead atoms. The van der Waals surface area contributed by atoms with E-state index >= 15 is 0 Å². The van der Waals surface area contributed by atoms with Crippen molar-refractivity contribution in [3.8, 4) is 0 Å². The molecule has 27 heavy (non-hydrogen) atoms. The third-order valence-electron chi connectivity index (χ3n) is 5.97. The molecule has 0 amide bonds. The Bertz CT molecular complexity index is 727. The molecular weight excluding hydrogens is 337 g/mol. The van der Waals surface area contributed by atoms with E-state index in [1.54, 1.807) is 6.07 Å². The maximum atomic E-state index is 13.8. The number of nitrogens with one attached hydrogen (secondary N) is 1. The SMILES string of the molecule is Cc1ccc([C@]2(CCNCc3ccccc3F)CCO[C@@H](C(C)C)C2)cc1. The first-order chi connectivity index (χ1) is 13.0. The molecule has 1 fully saturated rings.